The maximum atomic E-state index is 13.9. The van der Waals surface area contributed by atoms with Crippen LogP contribution in [0.3, 0.4) is 0 Å². The van der Waals surface area contributed by atoms with Crippen LogP contribution >= 0.6 is 11.3 Å². The Balaban J connectivity index is 1.45. The first kappa shape index (κ1) is 22.4. The number of fused-ring (bicyclic) bond motifs is 2. The van der Waals surface area contributed by atoms with Crippen molar-refractivity contribution in [2.24, 2.45) is 0 Å². The van der Waals surface area contributed by atoms with E-state index in [2.05, 4.69) is 10.3 Å². The molecule has 0 aliphatic carbocycles. The van der Waals surface area contributed by atoms with Gasteiger partial charge in [0.2, 0.25) is 0 Å². The quantitative estimate of drug-likeness (QED) is 0.393. The highest BCUT2D eigenvalue weighted by Crippen LogP contribution is 2.37. The molecule has 1 aromatic heterocycles. The number of thiazole rings is 1. The number of carbonyl (C=O) groups is 1. The second kappa shape index (κ2) is 8.10. The molecular formula is C23H16F3N3O3S2. The number of benzene rings is 3. The predicted octanol–water partition coefficient (Wildman–Crippen LogP) is 5.11. The van der Waals surface area contributed by atoms with Gasteiger partial charge in [0, 0.05) is 11.6 Å². The maximum absolute atomic E-state index is 13.9. The molecule has 5 rings (SSSR count). The lowest BCUT2D eigenvalue weighted by molar-refractivity contribution is 0.102. The van der Waals surface area contributed by atoms with E-state index >= 15 is 0 Å². The molecule has 4 aromatic rings. The van der Waals surface area contributed by atoms with Gasteiger partial charge in [-0.3, -0.25) is 14.4 Å². The van der Waals surface area contributed by atoms with Gasteiger partial charge in [-0.05, 0) is 49.2 Å². The number of anilines is 2. The van der Waals surface area contributed by atoms with Gasteiger partial charge in [0.25, 0.3) is 15.9 Å². The van der Waals surface area contributed by atoms with Gasteiger partial charge >= 0.3 is 0 Å². The van der Waals surface area contributed by atoms with Gasteiger partial charge in [0.15, 0.2) is 22.6 Å². The monoisotopic (exact) mass is 503 g/mol. The number of carbonyl (C=O) groups excluding carboxylic acids is 1. The van der Waals surface area contributed by atoms with E-state index in [1.54, 1.807) is 12.1 Å². The summed E-state index contributed by atoms with van der Waals surface area (Å²) in [5.74, 6) is -5.15. The molecule has 1 atom stereocenters. The van der Waals surface area contributed by atoms with Crippen LogP contribution in [0.1, 0.15) is 22.8 Å². The fourth-order valence-electron chi connectivity index (χ4n) is 4.01. The van der Waals surface area contributed by atoms with E-state index in [-0.39, 0.29) is 26.3 Å². The van der Waals surface area contributed by atoms with Crippen LogP contribution in [-0.4, -0.2) is 25.4 Å². The molecule has 1 amide bonds. The number of rotatable bonds is 4. The summed E-state index contributed by atoms with van der Waals surface area (Å²) in [6, 6.07) is 13.2. The van der Waals surface area contributed by atoms with Crippen LogP contribution in [0.15, 0.2) is 59.5 Å². The largest absolute Gasteiger partial charge is 0.298 e. The van der Waals surface area contributed by atoms with Crippen molar-refractivity contribution in [1.82, 2.24) is 4.98 Å². The lowest BCUT2D eigenvalue weighted by atomic mass is 10.1. The van der Waals surface area contributed by atoms with Crippen LogP contribution in [0.2, 0.25) is 0 Å². The lowest BCUT2D eigenvalue weighted by Crippen LogP contribution is -2.35. The van der Waals surface area contributed by atoms with E-state index in [9.17, 15) is 26.4 Å². The van der Waals surface area contributed by atoms with Crippen LogP contribution in [0.4, 0.5) is 24.0 Å². The minimum Gasteiger partial charge on any atom is -0.298 e. The summed E-state index contributed by atoms with van der Waals surface area (Å²) >= 11 is 0.764. The minimum atomic E-state index is -3.96. The highest BCUT2D eigenvalue weighted by molar-refractivity contribution is 7.92. The number of amides is 1. The molecular weight excluding hydrogens is 487 g/mol. The van der Waals surface area contributed by atoms with Crippen molar-refractivity contribution < 1.29 is 26.4 Å². The molecule has 0 radical (unpaired) electrons. The number of aromatic nitrogens is 1. The van der Waals surface area contributed by atoms with Gasteiger partial charge in [-0.15, -0.1) is 0 Å². The van der Waals surface area contributed by atoms with E-state index in [0.29, 0.717) is 12.1 Å². The number of hydrogen-bond donors (Lipinski definition) is 1. The number of halogens is 3. The van der Waals surface area contributed by atoms with E-state index < -0.39 is 38.9 Å². The molecule has 34 heavy (non-hydrogen) atoms. The van der Waals surface area contributed by atoms with Crippen molar-refractivity contribution in [2.75, 3.05) is 9.62 Å². The third-order valence-electron chi connectivity index (χ3n) is 5.54. The highest BCUT2D eigenvalue weighted by Gasteiger charge is 2.36. The molecule has 3 aromatic carbocycles. The van der Waals surface area contributed by atoms with Crippen molar-refractivity contribution in [1.29, 1.82) is 0 Å². The van der Waals surface area contributed by atoms with Gasteiger partial charge < -0.3 is 0 Å². The average Bonchev–Trinajstić information content (AvgIpc) is 3.37. The number of para-hydroxylation sites is 1. The second-order valence-electron chi connectivity index (χ2n) is 7.82. The summed E-state index contributed by atoms with van der Waals surface area (Å²) in [4.78, 5) is 16.5. The Morgan fingerprint density at radius 2 is 1.85 bits per heavy atom. The topological polar surface area (TPSA) is 79.4 Å². The smallest absolute Gasteiger partial charge is 0.264 e. The Hall–Kier alpha value is -3.44. The molecule has 6 nitrogen and oxygen atoms in total. The van der Waals surface area contributed by atoms with E-state index in [1.807, 2.05) is 19.1 Å². The number of hydrogen-bond acceptors (Lipinski definition) is 5. The molecule has 1 aliphatic heterocycles. The van der Waals surface area contributed by atoms with Gasteiger partial charge in [-0.2, -0.15) is 0 Å². The number of nitrogens with zero attached hydrogens (tertiary/aromatic N) is 2. The fraction of sp³-hybridized carbons (Fsp3) is 0.130. The molecule has 0 fully saturated rings. The SMILES string of the molecule is C[C@@H]1Cc2ccccc2N1S(=O)(=O)c1cccc(C(=O)Nc2nc3c(F)c(F)c(F)cc3s2)c1. The van der Waals surface area contributed by atoms with Crippen molar-refractivity contribution in [2.45, 2.75) is 24.3 Å². The summed E-state index contributed by atoms with van der Waals surface area (Å²) in [6.07, 6.45) is 0.574. The third-order valence-corrected chi connectivity index (χ3v) is 8.38. The van der Waals surface area contributed by atoms with E-state index in [1.165, 1.54) is 28.6 Å². The minimum absolute atomic E-state index is 0.0183. The summed E-state index contributed by atoms with van der Waals surface area (Å²) in [5.41, 5.74) is 1.14. The summed E-state index contributed by atoms with van der Waals surface area (Å²) in [6.45, 7) is 1.81. The normalized spacial score (nSPS) is 15.5. The van der Waals surface area contributed by atoms with Gasteiger partial charge in [0.05, 0.1) is 15.3 Å². The Kier molecular flexibility index (Phi) is 5.33. The fourth-order valence-corrected chi connectivity index (χ4v) is 6.63. The third kappa shape index (κ3) is 3.61. The van der Waals surface area contributed by atoms with Gasteiger partial charge in [-0.25, -0.2) is 26.6 Å². The molecule has 0 saturated carbocycles. The van der Waals surface area contributed by atoms with Gasteiger partial charge in [-0.1, -0.05) is 35.6 Å². The van der Waals surface area contributed by atoms with Crippen LogP contribution in [-0.2, 0) is 16.4 Å². The van der Waals surface area contributed by atoms with Crippen LogP contribution in [0.25, 0.3) is 10.2 Å². The summed E-state index contributed by atoms with van der Waals surface area (Å²) < 4.78 is 69.1. The highest BCUT2D eigenvalue weighted by atomic mass is 32.2. The predicted molar refractivity (Wildman–Crippen MR) is 123 cm³/mol. The van der Waals surface area contributed by atoms with E-state index in [4.69, 9.17) is 0 Å². The summed E-state index contributed by atoms with van der Waals surface area (Å²) in [5, 5.41) is 2.35. The zero-order chi connectivity index (χ0) is 24.2. The van der Waals surface area contributed by atoms with Crippen LogP contribution in [0, 0.1) is 17.5 Å². The molecule has 0 unspecified atom stereocenters. The molecule has 2 heterocycles. The van der Waals surface area contributed by atoms with Gasteiger partial charge in [0.1, 0.15) is 5.52 Å². The average molecular weight is 504 g/mol. The Bertz CT molecular complexity index is 1570. The standard InChI is InChI=1S/C23H16F3N3O3S2/c1-12-9-13-5-2-3-8-17(13)29(12)34(31,32)15-7-4-6-14(10-15)22(30)28-23-27-21-18(33-23)11-16(24)19(25)20(21)26/h2-8,10-12H,9H2,1H3,(H,27,28,30)/t12-/m1/s1. The van der Waals surface area contributed by atoms with E-state index in [0.717, 1.165) is 23.0 Å². The van der Waals surface area contributed by atoms with Crippen LogP contribution in [0.5, 0.6) is 0 Å². The lowest BCUT2D eigenvalue weighted by Gasteiger charge is -2.24. The van der Waals surface area contributed by atoms with Crippen LogP contribution < -0.4 is 9.62 Å². The Labute approximate surface area is 196 Å². The van der Waals surface area contributed by atoms with Crippen molar-refractivity contribution in [3.63, 3.8) is 0 Å². The zero-order valence-electron chi connectivity index (χ0n) is 17.6. The first-order valence-electron chi connectivity index (χ1n) is 10.1. The first-order chi connectivity index (χ1) is 16.2. The molecule has 174 valence electrons. The summed E-state index contributed by atoms with van der Waals surface area (Å²) in [7, 11) is -3.96. The Morgan fingerprint density at radius 1 is 1.09 bits per heavy atom. The molecule has 1 N–H and O–H groups in total. The molecule has 11 heteroatoms. The van der Waals surface area contributed by atoms with Crippen molar-refractivity contribution in [3.05, 3.63) is 83.2 Å². The molecule has 0 spiro atoms. The number of sulfonamides is 1. The Morgan fingerprint density at radius 3 is 2.65 bits per heavy atom. The molecule has 1 aliphatic rings. The molecule has 0 saturated heterocycles. The second-order valence-corrected chi connectivity index (χ2v) is 10.7. The zero-order valence-corrected chi connectivity index (χ0v) is 19.2. The van der Waals surface area contributed by atoms with Crippen molar-refractivity contribution >= 4 is 48.3 Å². The molecule has 0 bridgehead atoms. The maximum Gasteiger partial charge on any atom is 0.264 e. The number of nitrogens with one attached hydrogen (secondary N) is 1. The first-order valence-corrected chi connectivity index (χ1v) is 12.4. The van der Waals surface area contributed by atoms with Crippen molar-refractivity contribution in [3.8, 4) is 0 Å².